The molecule has 1 N–H and O–H groups in total. The zero-order chi connectivity index (χ0) is 24.5. The Hall–Kier alpha value is -3.61. The summed E-state index contributed by atoms with van der Waals surface area (Å²) >= 11 is 0. The molecule has 2 atom stereocenters. The number of hydrogen-bond donors (Lipinski definition) is 1. The third-order valence-electron chi connectivity index (χ3n) is 6.55. The minimum Gasteiger partial charge on any atom is -0.456 e. The van der Waals surface area contributed by atoms with Gasteiger partial charge in [0.2, 0.25) is 11.8 Å². The van der Waals surface area contributed by atoms with Crippen LogP contribution in [0.15, 0.2) is 72.8 Å². The first-order valence-electron chi connectivity index (χ1n) is 12.3. The molecule has 2 heterocycles. The third-order valence-corrected chi connectivity index (χ3v) is 6.55. The van der Waals surface area contributed by atoms with Crippen LogP contribution in [0, 0.1) is 5.92 Å². The van der Waals surface area contributed by atoms with Crippen LogP contribution in [-0.4, -0.2) is 55.4 Å². The molecule has 35 heavy (non-hydrogen) atoms. The molecule has 0 aromatic heterocycles. The number of rotatable bonds is 4. The van der Waals surface area contributed by atoms with Gasteiger partial charge < -0.3 is 19.9 Å². The standard InChI is InChI=1S/C28H33N3O4/c32-26(31-18-16-30(17-19-31)24-13-7-3-8-14-24)20-23-12-6-2-9-15-27(33)35-25(21-29-28(23)34)22-10-4-1-5-11-22/h1-8,10-11,13-14,23,25H,9,12,15-21H2,(H,29,34)/b6-2+/t23-,25-/m0/s1. The Bertz CT molecular complexity index is 1020. The van der Waals surface area contributed by atoms with Gasteiger partial charge in [-0.05, 0) is 30.5 Å². The predicted octanol–water partition coefficient (Wildman–Crippen LogP) is 3.48. The number of benzene rings is 2. The maximum Gasteiger partial charge on any atom is 0.306 e. The van der Waals surface area contributed by atoms with Crippen molar-refractivity contribution in [3.05, 3.63) is 78.4 Å². The fraction of sp³-hybridized carbons (Fsp3) is 0.393. The number of anilines is 1. The minimum atomic E-state index is -0.557. The molecule has 1 fully saturated rings. The number of amides is 2. The molecule has 2 amide bonds. The fourth-order valence-corrected chi connectivity index (χ4v) is 4.51. The van der Waals surface area contributed by atoms with Gasteiger partial charge in [-0.15, -0.1) is 0 Å². The van der Waals surface area contributed by atoms with Gasteiger partial charge in [0, 0.05) is 44.7 Å². The Labute approximate surface area is 206 Å². The van der Waals surface area contributed by atoms with Crippen LogP contribution in [0.3, 0.4) is 0 Å². The molecule has 2 aromatic rings. The molecule has 0 unspecified atom stereocenters. The lowest BCUT2D eigenvalue weighted by atomic mass is 9.98. The van der Waals surface area contributed by atoms with E-state index in [9.17, 15) is 14.4 Å². The van der Waals surface area contributed by atoms with Crippen molar-refractivity contribution in [1.82, 2.24) is 10.2 Å². The van der Waals surface area contributed by atoms with Gasteiger partial charge >= 0.3 is 5.97 Å². The van der Waals surface area contributed by atoms with Gasteiger partial charge in [0.1, 0.15) is 6.10 Å². The summed E-state index contributed by atoms with van der Waals surface area (Å²) in [6, 6.07) is 19.6. The molecule has 1 saturated heterocycles. The van der Waals surface area contributed by atoms with Crippen LogP contribution in [0.25, 0.3) is 0 Å². The van der Waals surface area contributed by atoms with Crippen LogP contribution >= 0.6 is 0 Å². The van der Waals surface area contributed by atoms with E-state index in [1.165, 1.54) is 0 Å². The predicted molar refractivity (Wildman–Crippen MR) is 135 cm³/mol. The molecule has 0 aliphatic carbocycles. The molecular formula is C28H33N3O4. The molecule has 2 aromatic carbocycles. The number of ether oxygens (including phenoxy) is 1. The molecule has 7 heteroatoms. The molecule has 4 rings (SSSR count). The number of nitrogens with zero attached hydrogens (tertiary/aromatic N) is 2. The first-order chi connectivity index (χ1) is 17.1. The highest BCUT2D eigenvalue weighted by Crippen LogP contribution is 2.21. The normalized spacial score (nSPS) is 22.9. The van der Waals surface area contributed by atoms with Crippen LogP contribution in [-0.2, 0) is 19.1 Å². The lowest BCUT2D eigenvalue weighted by Crippen LogP contribution is -2.49. The summed E-state index contributed by atoms with van der Waals surface area (Å²) in [5.41, 5.74) is 2.00. The zero-order valence-corrected chi connectivity index (χ0v) is 20.0. The fourth-order valence-electron chi connectivity index (χ4n) is 4.51. The smallest absolute Gasteiger partial charge is 0.306 e. The van der Waals surface area contributed by atoms with Crippen molar-refractivity contribution in [2.45, 2.75) is 31.8 Å². The molecular weight excluding hydrogens is 442 g/mol. The molecule has 0 radical (unpaired) electrons. The summed E-state index contributed by atoms with van der Waals surface area (Å²) < 4.78 is 5.65. The van der Waals surface area contributed by atoms with E-state index in [2.05, 4.69) is 22.3 Å². The second-order valence-electron chi connectivity index (χ2n) is 8.98. The van der Waals surface area contributed by atoms with E-state index in [0.717, 1.165) is 24.3 Å². The Balaban J connectivity index is 1.37. The van der Waals surface area contributed by atoms with E-state index in [-0.39, 0.29) is 37.2 Å². The van der Waals surface area contributed by atoms with Gasteiger partial charge in [0.05, 0.1) is 12.5 Å². The third kappa shape index (κ3) is 6.94. The molecule has 0 spiro atoms. The number of allylic oxidation sites excluding steroid dienone is 2. The second kappa shape index (κ2) is 12.2. The number of piperazine rings is 1. The summed E-state index contributed by atoms with van der Waals surface area (Å²) in [7, 11) is 0. The first-order valence-corrected chi connectivity index (χ1v) is 12.3. The van der Waals surface area contributed by atoms with Gasteiger partial charge in [-0.1, -0.05) is 60.7 Å². The number of nitrogens with one attached hydrogen (secondary N) is 1. The molecule has 2 aliphatic rings. The van der Waals surface area contributed by atoms with Crippen LogP contribution in [0.5, 0.6) is 0 Å². The number of hydrogen-bond acceptors (Lipinski definition) is 5. The van der Waals surface area contributed by atoms with Gasteiger partial charge in [-0.2, -0.15) is 0 Å². The Morgan fingerprint density at radius 1 is 0.914 bits per heavy atom. The summed E-state index contributed by atoms with van der Waals surface area (Å²) in [6.45, 7) is 3.01. The largest absolute Gasteiger partial charge is 0.456 e. The topological polar surface area (TPSA) is 79.0 Å². The van der Waals surface area contributed by atoms with Crippen molar-refractivity contribution in [2.75, 3.05) is 37.6 Å². The Kier molecular flexibility index (Phi) is 8.54. The quantitative estimate of drug-likeness (QED) is 0.541. The zero-order valence-electron chi connectivity index (χ0n) is 20.0. The highest BCUT2D eigenvalue weighted by molar-refractivity contribution is 5.86. The summed E-state index contributed by atoms with van der Waals surface area (Å²) in [4.78, 5) is 42.6. The van der Waals surface area contributed by atoms with Gasteiger partial charge in [0.25, 0.3) is 0 Å². The lowest BCUT2D eigenvalue weighted by molar-refractivity contribution is -0.150. The van der Waals surface area contributed by atoms with Crippen molar-refractivity contribution in [1.29, 1.82) is 0 Å². The van der Waals surface area contributed by atoms with Gasteiger partial charge in [0.15, 0.2) is 0 Å². The summed E-state index contributed by atoms with van der Waals surface area (Å²) in [6.07, 6.45) is 4.69. The van der Waals surface area contributed by atoms with Crippen LogP contribution in [0.4, 0.5) is 5.69 Å². The lowest BCUT2D eigenvalue weighted by Gasteiger charge is -2.36. The Morgan fingerprint density at radius 2 is 1.60 bits per heavy atom. The first kappa shape index (κ1) is 24.5. The van der Waals surface area contributed by atoms with Crippen LogP contribution < -0.4 is 10.2 Å². The van der Waals surface area contributed by atoms with Gasteiger partial charge in [-0.25, -0.2) is 0 Å². The van der Waals surface area contributed by atoms with E-state index < -0.39 is 12.0 Å². The van der Waals surface area contributed by atoms with E-state index >= 15 is 0 Å². The number of carbonyl (C=O) groups excluding carboxylic acids is 3. The van der Waals surface area contributed by atoms with Crippen molar-refractivity contribution in [3.63, 3.8) is 0 Å². The summed E-state index contributed by atoms with van der Waals surface area (Å²) in [5.74, 6) is -0.940. The number of para-hydroxylation sites is 1. The highest BCUT2D eigenvalue weighted by atomic mass is 16.5. The average Bonchev–Trinajstić information content (AvgIpc) is 2.90. The van der Waals surface area contributed by atoms with Crippen LogP contribution in [0.2, 0.25) is 0 Å². The number of carbonyl (C=O) groups is 3. The average molecular weight is 476 g/mol. The molecule has 0 saturated carbocycles. The molecule has 7 nitrogen and oxygen atoms in total. The van der Waals surface area contributed by atoms with Crippen molar-refractivity contribution < 1.29 is 19.1 Å². The maximum atomic E-state index is 13.1. The molecule has 184 valence electrons. The SMILES string of the molecule is O=C1CC/C=C/C[C@@H](CC(=O)N2CCN(c3ccccc3)CC2)C(=O)NC[C@@H](c2ccccc2)O1. The number of esters is 1. The van der Waals surface area contributed by atoms with E-state index in [1.54, 1.807) is 0 Å². The molecule has 2 aliphatic heterocycles. The monoisotopic (exact) mass is 475 g/mol. The Morgan fingerprint density at radius 3 is 2.31 bits per heavy atom. The maximum absolute atomic E-state index is 13.1. The summed E-state index contributed by atoms with van der Waals surface area (Å²) in [5, 5.41) is 2.93. The van der Waals surface area contributed by atoms with Crippen molar-refractivity contribution >= 4 is 23.5 Å². The van der Waals surface area contributed by atoms with Crippen molar-refractivity contribution in [3.8, 4) is 0 Å². The van der Waals surface area contributed by atoms with E-state index in [0.29, 0.717) is 25.9 Å². The minimum absolute atomic E-state index is 0.00407. The number of cyclic esters (lactones) is 1. The van der Waals surface area contributed by atoms with Gasteiger partial charge in [-0.3, -0.25) is 14.4 Å². The van der Waals surface area contributed by atoms with Crippen molar-refractivity contribution in [2.24, 2.45) is 5.92 Å². The van der Waals surface area contributed by atoms with E-state index in [1.807, 2.05) is 65.6 Å². The molecule has 0 bridgehead atoms. The van der Waals surface area contributed by atoms with Crippen LogP contribution in [0.1, 0.15) is 37.4 Å². The van der Waals surface area contributed by atoms with E-state index in [4.69, 9.17) is 4.74 Å². The second-order valence-corrected chi connectivity index (χ2v) is 8.98. The highest BCUT2D eigenvalue weighted by Gasteiger charge is 2.28.